The lowest BCUT2D eigenvalue weighted by molar-refractivity contribution is 0.0535. The molecule has 0 N–H and O–H groups in total. The van der Waals surface area contributed by atoms with Crippen molar-refractivity contribution in [1.29, 1.82) is 0 Å². The number of carbonyl (C=O) groups excluding carboxylic acids is 2. The molecule has 7 heteroatoms. The van der Waals surface area contributed by atoms with E-state index in [0.29, 0.717) is 48.4 Å². The Morgan fingerprint density at radius 3 is 2.07 bits per heavy atom. The van der Waals surface area contributed by atoms with Gasteiger partial charge in [0.05, 0.1) is 5.52 Å². The molecule has 1 fully saturated rings. The molecule has 27 heavy (non-hydrogen) atoms. The molecular weight excluding hydrogens is 346 g/mol. The molecule has 0 aliphatic carbocycles. The number of hydrogen-bond acceptors (Lipinski definition) is 4. The first-order valence-corrected chi connectivity index (χ1v) is 8.78. The standard InChI is InChI=1S/C20H19N3O4/c1-21-16-8-7-15(13-17(16)27-20(21)26)19(25)23-11-9-22(10-12-23)18(24)14-5-3-2-4-6-14/h2-8,13H,9-12H2,1H3. The Labute approximate surface area is 155 Å². The van der Waals surface area contributed by atoms with Crippen LogP contribution < -0.4 is 5.76 Å². The third kappa shape index (κ3) is 3.12. The molecule has 2 heterocycles. The van der Waals surface area contributed by atoms with E-state index >= 15 is 0 Å². The van der Waals surface area contributed by atoms with Gasteiger partial charge in [-0.1, -0.05) is 18.2 Å². The number of hydrogen-bond donors (Lipinski definition) is 0. The van der Waals surface area contributed by atoms with Crippen LogP contribution in [0.3, 0.4) is 0 Å². The molecule has 7 nitrogen and oxygen atoms in total. The lowest BCUT2D eigenvalue weighted by atomic mass is 10.1. The summed E-state index contributed by atoms with van der Waals surface area (Å²) in [7, 11) is 1.62. The van der Waals surface area contributed by atoms with Crippen molar-refractivity contribution in [1.82, 2.24) is 14.4 Å². The average Bonchev–Trinajstić information content (AvgIpc) is 3.01. The minimum atomic E-state index is -0.456. The number of aromatic nitrogens is 1. The van der Waals surface area contributed by atoms with Crippen molar-refractivity contribution in [3.63, 3.8) is 0 Å². The molecule has 2 amide bonds. The highest BCUT2D eigenvalue weighted by molar-refractivity contribution is 5.97. The van der Waals surface area contributed by atoms with E-state index in [1.807, 2.05) is 18.2 Å². The van der Waals surface area contributed by atoms with Gasteiger partial charge < -0.3 is 14.2 Å². The van der Waals surface area contributed by atoms with Crippen LogP contribution in [0.4, 0.5) is 0 Å². The zero-order valence-electron chi connectivity index (χ0n) is 14.9. The molecule has 0 bridgehead atoms. The summed E-state index contributed by atoms with van der Waals surface area (Å²) in [6.07, 6.45) is 0. The Balaban J connectivity index is 1.46. The van der Waals surface area contributed by atoms with Gasteiger partial charge in [-0.2, -0.15) is 0 Å². The Morgan fingerprint density at radius 1 is 0.852 bits per heavy atom. The van der Waals surface area contributed by atoms with Gasteiger partial charge in [0.2, 0.25) is 0 Å². The fraction of sp³-hybridized carbons (Fsp3) is 0.250. The summed E-state index contributed by atoms with van der Waals surface area (Å²) in [5.74, 6) is -0.604. The van der Waals surface area contributed by atoms with Crippen LogP contribution in [-0.2, 0) is 7.05 Å². The highest BCUT2D eigenvalue weighted by atomic mass is 16.4. The average molecular weight is 365 g/mol. The molecule has 4 rings (SSSR count). The summed E-state index contributed by atoms with van der Waals surface area (Å²) in [6.45, 7) is 1.91. The molecule has 2 aromatic carbocycles. The second-order valence-electron chi connectivity index (χ2n) is 6.56. The van der Waals surface area contributed by atoms with Crippen LogP contribution in [0, 0.1) is 0 Å². The molecule has 0 unspecified atom stereocenters. The number of fused-ring (bicyclic) bond motifs is 1. The van der Waals surface area contributed by atoms with Crippen molar-refractivity contribution < 1.29 is 14.0 Å². The summed E-state index contributed by atoms with van der Waals surface area (Å²) >= 11 is 0. The summed E-state index contributed by atoms with van der Waals surface area (Å²) in [4.78, 5) is 40.4. The molecule has 1 aliphatic heterocycles. The van der Waals surface area contributed by atoms with Crippen molar-refractivity contribution in [2.75, 3.05) is 26.2 Å². The van der Waals surface area contributed by atoms with Gasteiger partial charge in [0.15, 0.2) is 5.58 Å². The van der Waals surface area contributed by atoms with Crippen LogP contribution in [0.5, 0.6) is 0 Å². The topological polar surface area (TPSA) is 75.8 Å². The van der Waals surface area contributed by atoms with Crippen LogP contribution in [0.25, 0.3) is 11.1 Å². The summed E-state index contributed by atoms with van der Waals surface area (Å²) in [5, 5.41) is 0. The first kappa shape index (κ1) is 17.1. The van der Waals surface area contributed by atoms with Gasteiger partial charge in [-0.05, 0) is 30.3 Å². The van der Waals surface area contributed by atoms with Crippen molar-refractivity contribution in [2.45, 2.75) is 0 Å². The Hall–Kier alpha value is -3.35. The Morgan fingerprint density at radius 2 is 1.44 bits per heavy atom. The van der Waals surface area contributed by atoms with Crippen LogP contribution in [0.15, 0.2) is 57.7 Å². The molecule has 0 spiro atoms. The second-order valence-corrected chi connectivity index (χ2v) is 6.56. The van der Waals surface area contributed by atoms with E-state index in [-0.39, 0.29) is 11.8 Å². The number of carbonyl (C=O) groups is 2. The zero-order chi connectivity index (χ0) is 19.0. The number of piperazine rings is 1. The second kappa shape index (κ2) is 6.75. The van der Waals surface area contributed by atoms with Crippen LogP contribution in [0.1, 0.15) is 20.7 Å². The molecule has 1 saturated heterocycles. The van der Waals surface area contributed by atoms with E-state index in [4.69, 9.17) is 4.42 Å². The number of aryl methyl sites for hydroxylation is 1. The summed E-state index contributed by atoms with van der Waals surface area (Å²) < 4.78 is 6.56. The maximum atomic E-state index is 12.8. The maximum absolute atomic E-state index is 12.8. The lowest BCUT2D eigenvalue weighted by Crippen LogP contribution is -2.50. The first-order chi connectivity index (χ1) is 13.0. The summed E-state index contributed by atoms with van der Waals surface area (Å²) in [6, 6.07) is 14.1. The molecular formula is C20H19N3O4. The molecule has 1 aliphatic rings. The normalized spacial score (nSPS) is 14.6. The van der Waals surface area contributed by atoms with Gasteiger partial charge in [0, 0.05) is 44.4 Å². The van der Waals surface area contributed by atoms with E-state index in [1.54, 1.807) is 47.2 Å². The fourth-order valence-electron chi connectivity index (χ4n) is 3.33. The van der Waals surface area contributed by atoms with Crippen LogP contribution >= 0.6 is 0 Å². The summed E-state index contributed by atoms with van der Waals surface area (Å²) in [5.41, 5.74) is 2.17. The maximum Gasteiger partial charge on any atom is 0.419 e. The smallest absolute Gasteiger partial charge is 0.408 e. The van der Waals surface area contributed by atoms with E-state index in [1.165, 1.54) is 4.57 Å². The van der Waals surface area contributed by atoms with Crippen LogP contribution in [-0.4, -0.2) is 52.4 Å². The number of oxazole rings is 1. The molecule has 0 saturated carbocycles. The number of benzene rings is 2. The quantitative estimate of drug-likeness (QED) is 0.693. The van der Waals surface area contributed by atoms with Gasteiger partial charge >= 0.3 is 5.76 Å². The van der Waals surface area contributed by atoms with Crippen molar-refractivity contribution in [3.8, 4) is 0 Å². The monoisotopic (exact) mass is 365 g/mol. The third-order valence-electron chi connectivity index (χ3n) is 4.91. The first-order valence-electron chi connectivity index (χ1n) is 8.78. The van der Waals surface area contributed by atoms with E-state index in [0.717, 1.165) is 0 Å². The number of rotatable bonds is 2. The van der Waals surface area contributed by atoms with Gasteiger partial charge in [-0.3, -0.25) is 14.2 Å². The highest BCUT2D eigenvalue weighted by Crippen LogP contribution is 2.17. The number of amides is 2. The third-order valence-corrected chi connectivity index (χ3v) is 4.91. The van der Waals surface area contributed by atoms with Crippen molar-refractivity contribution in [3.05, 3.63) is 70.2 Å². The largest absolute Gasteiger partial charge is 0.419 e. The van der Waals surface area contributed by atoms with E-state index in [9.17, 15) is 14.4 Å². The fourth-order valence-corrected chi connectivity index (χ4v) is 3.33. The molecule has 1 aromatic heterocycles. The molecule has 138 valence electrons. The number of nitrogens with zero attached hydrogens (tertiary/aromatic N) is 3. The van der Waals surface area contributed by atoms with E-state index in [2.05, 4.69) is 0 Å². The van der Waals surface area contributed by atoms with Crippen LogP contribution in [0.2, 0.25) is 0 Å². The van der Waals surface area contributed by atoms with Gasteiger partial charge in [0.1, 0.15) is 0 Å². The lowest BCUT2D eigenvalue weighted by Gasteiger charge is -2.34. The Kier molecular flexibility index (Phi) is 4.27. The molecule has 0 atom stereocenters. The zero-order valence-corrected chi connectivity index (χ0v) is 14.9. The molecule has 3 aromatic rings. The predicted molar refractivity (Wildman–Crippen MR) is 99.7 cm³/mol. The molecule has 0 radical (unpaired) electrons. The minimum Gasteiger partial charge on any atom is -0.408 e. The van der Waals surface area contributed by atoms with Gasteiger partial charge in [-0.15, -0.1) is 0 Å². The highest BCUT2D eigenvalue weighted by Gasteiger charge is 2.25. The van der Waals surface area contributed by atoms with E-state index < -0.39 is 5.76 Å². The SMILES string of the molecule is Cn1c(=O)oc2cc(C(=O)N3CCN(C(=O)c4ccccc4)CC3)ccc21. The Bertz CT molecular complexity index is 1060. The van der Waals surface area contributed by atoms with Crippen molar-refractivity contribution in [2.24, 2.45) is 7.05 Å². The predicted octanol–water partition coefficient (Wildman–Crippen LogP) is 1.73. The minimum absolute atomic E-state index is 0.0184. The van der Waals surface area contributed by atoms with Crippen molar-refractivity contribution >= 4 is 22.9 Å². The van der Waals surface area contributed by atoms with Gasteiger partial charge in [-0.25, -0.2) is 4.79 Å². The van der Waals surface area contributed by atoms with Gasteiger partial charge in [0.25, 0.3) is 11.8 Å².